The minimum absolute atomic E-state index is 0.0253. The maximum atomic E-state index is 13.3. The fourth-order valence-corrected chi connectivity index (χ4v) is 4.03. The molecule has 3 aromatic rings. The number of nitrogens with zero attached hydrogens (tertiary/aromatic N) is 2. The maximum absolute atomic E-state index is 13.3. The van der Waals surface area contributed by atoms with E-state index < -0.39 is 0 Å². The number of halogens is 1. The first-order chi connectivity index (χ1) is 13.3. The van der Waals surface area contributed by atoms with Crippen molar-refractivity contribution in [1.29, 1.82) is 0 Å². The molecule has 1 N–H and O–H groups in total. The molecule has 5 nitrogen and oxygen atoms in total. The van der Waals surface area contributed by atoms with E-state index in [-0.39, 0.29) is 17.5 Å². The highest BCUT2D eigenvalue weighted by Gasteiger charge is 2.46. The number of aromatic nitrogens is 2. The van der Waals surface area contributed by atoms with Crippen LogP contribution < -0.4 is 4.74 Å². The third-order valence-electron chi connectivity index (χ3n) is 5.04. The van der Waals surface area contributed by atoms with Gasteiger partial charge in [-0.2, -0.15) is 5.10 Å². The molecule has 144 valence electrons. The van der Waals surface area contributed by atoms with Crippen LogP contribution in [0.2, 0.25) is 0 Å². The van der Waals surface area contributed by atoms with Gasteiger partial charge in [0.15, 0.2) is 0 Å². The van der Waals surface area contributed by atoms with E-state index in [1.807, 2.05) is 41.3 Å². The van der Waals surface area contributed by atoms with Gasteiger partial charge in [-0.25, -0.2) is 0 Å². The summed E-state index contributed by atoms with van der Waals surface area (Å²) < 4.78 is 6.27. The van der Waals surface area contributed by atoms with Gasteiger partial charge in [0.25, 0.3) is 5.91 Å². The average Bonchev–Trinajstić information content (AvgIpc) is 3.21. The number of H-pyrrole nitrogens is 1. The molecular formula is C22H22BrN3O2. The molecule has 6 heteroatoms. The zero-order chi connectivity index (χ0) is 20.1. The van der Waals surface area contributed by atoms with Gasteiger partial charge in [0.2, 0.25) is 0 Å². The van der Waals surface area contributed by atoms with E-state index in [4.69, 9.17) is 4.74 Å². The number of rotatable bonds is 3. The van der Waals surface area contributed by atoms with Crippen molar-refractivity contribution in [1.82, 2.24) is 15.1 Å². The summed E-state index contributed by atoms with van der Waals surface area (Å²) >= 11 is 3.50. The highest BCUT2D eigenvalue weighted by atomic mass is 79.9. The van der Waals surface area contributed by atoms with Crippen molar-refractivity contribution in [3.63, 3.8) is 0 Å². The molecule has 1 aliphatic heterocycles. The van der Waals surface area contributed by atoms with E-state index >= 15 is 0 Å². The number of aromatic amines is 1. The Balaban J connectivity index is 1.90. The number of hydrogen-bond donors (Lipinski definition) is 1. The van der Waals surface area contributed by atoms with Gasteiger partial charge >= 0.3 is 0 Å². The Morgan fingerprint density at radius 3 is 2.29 bits per heavy atom. The predicted octanol–water partition coefficient (Wildman–Crippen LogP) is 5.19. The number of nitrogens with one attached hydrogen (secondary N) is 1. The quantitative estimate of drug-likeness (QED) is 0.610. The number of hydrogen-bond acceptors (Lipinski definition) is 3. The van der Waals surface area contributed by atoms with Gasteiger partial charge < -0.3 is 9.64 Å². The van der Waals surface area contributed by atoms with E-state index in [2.05, 4.69) is 59.0 Å². The Bertz CT molecular complexity index is 1020. The second kappa shape index (κ2) is 6.78. The predicted molar refractivity (Wildman–Crippen MR) is 112 cm³/mol. The molecule has 4 rings (SSSR count). The highest BCUT2D eigenvalue weighted by molar-refractivity contribution is 9.10. The van der Waals surface area contributed by atoms with Crippen molar-refractivity contribution in [3.8, 4) is 17.0 Å². The molecule has 0 spiro atoms. The van der Waals surface area contributed by atoms with E-state index in [0.29, 0.717) is 5.69 Å². The number of methoxy groups -OCH3 is 1. The minimum atomic E-state index is -0.341. The molecule has 1 amide bonds. The summed E-state index contributed by atoms with van der Waals surface area (Å²) in [5.41, 5.74) is 3.95. The Kier molecular flexibility index (Phi) is 4.54. The molecule has 2 heterocycles. The number of fused-ring (bicyclic) bond motifs is 1. The first-order valence-electron chi connectivity index (χ1n) is 9.13. The number of carbonyl (C=O) groups is 1. The first kappa shape index (κ1) is 18.7. The summed E-state index contributed by atoms with van der Waals surface area (Å²) in [6.07, 6.45) is 0. The smallest absolute Gasteiger partial charge is 0.273 e. The molecule has 1 atom stereocenters. The molecule has 2 aromatic carbocycles. The second-order valence-electron chi connectivity index (χ2n) is 7.89. The van der Waals surface area contributed by atoms with Crippen molar-refractivity contribution in [3.05, 3.63) is 69.8 Å². The molecule has 0 radical (unpaired) electrons. The Hall–Kier alpha value is -2.60. The Morgan fingerprint density at radius 1 is 1.07 bits per heavy atom. The number of benzene rings is 2. The highest BCUT2D eigenvalue weighted by Crippen LogP contribution is 2.46. The van der Waals surface area contributed by atoms with Gasteiger partial charge in [-0.05, 0) is 62.7 Å². The SMILES string of the molecule is COc1ccc(-c2n[nH]c3c2C(c2ccc(Br)cc2)N(C(C)(C)C)C3=O)cc1. The van der Waals surface area contributed by atoms with Crippen LogP contribution >= 0.6 is 15.9 Å². The van der Waals surface area contributed by atoms with Crippen molar-refractivity contribution in [2.24, 2.45) is 0 Å². The lowest BCUT2D eigenvalue weighted by Gasteiger charge is -2.37. The molecule has 1 aliphatic rings. The van der Waals surface area contributed by atoms with Crippen LogP contribution in [0.5, 0.6) is 5.75 Å². The average molecular weight is 440 g/mol. The van der Waals surface area contributed by atoms with Crippen LogP contribution in [0.25, 0.3) is 11.3 Å². The normalized spacial score (nSPS) is 16.4. The molecule has 0 aliphatic carbocycles. The summed E-state index contributed by atoms with van der Waals surface area (Å²) in [6, 6.07) is 15.7. The van der Waals surface area contributed by atoms with Crippen molar-refractivity contribution in [2.75, 3.05) is 7.11 Å². The van der Waals surface area contributed by atoms with Crippen LogP contribution in [0.15, 0.2) is 53.0 Å². The number of amides is 1. The Labute approximate surface area is 172 Å². The first-order valence-corrected chi connectivity index (χ1v) is 9.92. The molecule has 0 saturated carbocycles. The van der Waals surface area contributed by atoms with Crippen LogP contribution in [0.1, 0.15) is 48.4 Å². The van der Waals surface area contributed by atoms with Crippen molar-refractivity contribution < 1.29 is 9.53 Å². The second-order valence-corrected chi connectivity index (χ2v) is 8.81. The molecule has 28 heavy (non-hydrogen) atoms. The van der Waals surface area contributed by atoms with Crippen LogP contribution in [0, 0.1) is 0 Å². The lowest BCUT2D eigenvalue weighted by atomic mass is 9.93. The van der Waals surface area contributed by atoms with Crippen LogP contribution in [-0.4, -0.2) is 33.7 Å². The molecule has 0 bridgehead atoms. The lowest BCUT2D eigenvalue weighted by molar-refractivity contribution is 0.0546. The maximum Gasteiger partial charge on any atom is 0.273 e. The van der Waals surface area contributed by atoms with Gasteiger partial charge in [-0.3, -0.25) is 9.89 Å². The molecular weight excluding hydrogens is 418 g/mol. The lowest BCUT2D eigenvalue weighted by Crippen LogP contribution is -2.44. The summed E-state index contributed by atoms with van der Waals surface area (Å²) in [7, 11) is 1.64. The molecule has 0 saturated heterocycles. The minimum Gasteiger partial charge on any atom is -0.497 e. The van der Waals surface area contributed by atoms with Gasteiger partial charge in [0, 0.05) is 21.1 Å². The number of ether oxygens (including phenoxy) is 1. The fraction of sp³-hybridized carbons (Fsp3) is 0.273. The van der Waals surface area contributed by atoms with Gasteiger partial charge in [-0.15, -0.1) is 0 Å². The van der Waals surface area contributed by atoms with E-state index in [9.17, 15) is 4.79 Å². The summed E-state index contributed by atoms with van der Waals surface area (Å²) in [5.74, 6) is 0.760. The van der Waals surface area contributed by atoms with Crippen LogP contribution in [0.4, 0.5) is 0 Å². The van der Waals surface area contributed by atoms with Gasteiger partial charge in [0.1, 0.15) is 11.4 Å². The van der Waals surface area contributed by atoms with E-state index in [0.717, 1.165) is 32.6 Å². The zero-order valence-corrected chi connectivity index (χ0v) is 17.9. The van der Waals surface area contributed by atoms with Gasteiger partial charge in [0.05, 0.1) is 18.8 Å². The summed E-state index contributed by atoms with van der Waals surface area (Å²) in [5, 5.41) is 7.50. The zero-order valence-electron chi connectivity index (χ0n) is 16.3. The van der Waals surface area contributed by atoms with Crippen molar-refractivity contribution in [2.45, 2.75) is 32.4 Å². The topological polar surface area (TPSA) is 58.2 Å². The third-order valence-corrected chi connectivity index (χ3v) is 5.57. The van der Waals surface area contributed by atoms with Crippen LogP contribution in [0.3, 0.4) is 0 Å². The summed E-state index contributed by atoms with van der Waals surface area (Å²) in [4.78, 5) is 15.2. The van der Waals surface area contributed by atoms with E-state index in [1.54, 1.807) is 7.11 Å². The summed E-state index contributed by atoms with van der Waals surface area (Å²) in [6.45, 7) is 6.18. The Morgan fingerprint density at radius 2 is 1.71 bits per heavy atom. The monoisotopic (exact) mass is 439 g/mol. The largest absolute Gasteiger partial charge is 0.497 e. The number of carbonyl (C=O) groups excluding carboxylic acids is 1. The van der Waals surface area contributed by atoms with Gasteiger partial charge in [-0.1, -0.05) is 28.1 Å². The fourth-order valence-electron chi connectivity index (χ4n) is 3.77. The standard InChI is InChI=1S/C22H22BrN3O2/c1-22(2,3)26-20(14-5-9-15(23)10-6-14)17-18(24-25-19(17)21(26)27)13-7-11-16(28-4)12-8-13/h5-12,20H,1-4H3,(H,24,25). The third kappa shape index (κ3) is 3.02. The molecule has 1 unspecified atom stereocenters. The molecule has 0 fully saturated rings. The van der Waals surface area contributed by atoms with Crippen molar-refractivity contribution >= 4 is 21.8 Å². The van der Waals surface area contributed by atoms with E-state index in [1.165, 1.54) is 0 Å². The molecule has 1 aromatic heterocycles. The van der Waals surface area contributed by atoms with Crippen LogP contribution in [-0.2, 0) is 0 Å².